The van der Waals surface area contributed by atoms with Crippen LogP contribution in [0.2, 0.25) is 0 Å². The molecule has 0 aliphatic rings. The Bertz CT molecular complexity index is 1330. The fraction of sp³-hybridized carbons (Fsp3) is 0.0455. The predicted octanol–water partition coefficient (Wildman–Crippen LogP) is 4.29. The van der Waals surface area contributed by atoms with Gasteiger partial charge in [0, 0.05) is 22.7 Å². The van der Waals surface area contributed by atoms with Crippen molar-refractivity contribution in [3.8, 4) is 0 Å². The first-order valence-corrected chi connectivity index (χ1v) is 12.1. The molecule has 0 radical (unpaired) electrons. The number of sulfonamides is 1. The molecule has 0 saturated carbocycles. The van der Waals surface area contributed by atoms with Crippen LogP contribution in [-0.2, 0) is 15.8 Å². The lowest BCUT2D eigenvalue weighted by Crippen LogP contribution is -2.14. The number of anilines is 2. The lowest BCUT2D eigenvalue weighted by atomic mass is 10.1. The molecule has 0 unspecified atom stereocenters. The normalized spacial score (nSPS) is 11.2. The molecule has 1 heterocycles. The number of halogens is 1. The SMILES string of the molecule is O=C(Nc1ccc(NS(=O)(=O)c2ccc(F)cc2)cc1)c1ccc(CSc2ncn[nH]2)cc1. The molecule has 0 spiro atoms. The van der Waals surface area contributed by atoms with Crippen LogP contribution in [0.3, 0.4) is 0 Å². The van der Waals surface area contributed by atoms with Gasteiger partial charge in [0.25, 0.3) is 15.9 Å². The van der Waals surface area contributed by atoms with Crippen LogP contribution in [-0.4, -0.2) is 29.5 Å². The highest BCUT2D eigenvalue weighted by Crippen LogP contribution is 2.21. The summed E-state index contributed by atoms with van der Waals surface area (Å²) in [7, 11) is -3.85. The van der Waals surface area contributed by atoms with Crippen molar-refractivity contribution in [1.29, 1.82) is 0 Å². The third-order valence-electron chi connectivity index (χ3n) is 4.50. The summed E-state index contributed by atoms with van der Waals surface area (Å²) in [5, 5.41) is 10.1. The van der Waals surface area contributed by atoms with E-state index in [-0.39, 0.29) is 10.8 Å². The smallest absolute Gasteiger partial charge is 0.261 e. The van der Waals surface area contributed by atoms with Gasteiger partial charge in [0.2, 0.25) is 0 Å². The number of nitrogens with zero attached hydrogens (tertiary/aromatic N) is 2. The first kappa shape index (κ1) is 22.5. The van der Waals surface area contributed by atoms with Gasteiger partial charge in [-0.15, -0.1) is 0 Å². The number of thioether (sulfide) groups is 1. The third kappa shape index (κ3) is 5.96. The molecular formula is C22H18FN5O3S2. The number of aromatic nitrogens is 3. The van der Waals surface area contributed by atoms with Crippen molar-refractivity contribution in [3.63, 3.8) is 0 Å². The Balaban J connectivity index is 1.34. The zero-order valence-corrected chi connectivity index (χ0v) is 18.7. The summed E-state index contributed by atoms with van der Waals surface area (Å²) in [6.45, 7) is 0. The van der Waals surface area contributed by atoms with E-state index in [1.54, 1.807) is 24.3 Å². The summed E-state index contributed by atoms with van der Waals surface area (Å²) < 4.78 is 40.2. The molecular weight excluding hydrogens is 465 g/mol. The van der Waals surface area contributed by atoms with Crippen molar-refractivity contribution in [1.82, 2.24) is 15.2 Å². The van der Waals surface area contributed by atoms with E-state index in [0.29, 0.717) is 22.7 Å². The highest BCUT2D eigenvalue weighted by atomic mass is 32.2. The highest BCUT2D eigenvalue weighted by Gasteiger charge is 2.14. The molecule has 11 heteroatoms. The monoisotopic (exact) mass is 483 g/mol. The van der Waals surface area contributed by atoms with E-state index in [4.69, 9.17) is 0 Å². The molecule has 3 aromatic carbocycles. The Morgan fingerprint density at radius 2 is 1.61 bits per heavy atom. The number of carbonyl (C=O) groups is 1. The summed E-state index contributed by atoms with van der Waals surface area (Å²) in [6.07, 6.45) is 1.45. The van der Waals surface area contributed by atoms with Crippen molar-refractivity contribution in [2.24, 2.45) is 0 Å². The first-order chi connectivity index (χ1) is 15.9. The fourth-order valence-electron chi connectivity index (χ4n) is 2.82. The second-order valence-electron chi connectivity index (χ2n) is 6.87. The van der Waals surface area contributed by atoms with Crippen molar-refractivity contribution in [2.45, 2.75) is 15.8 Å². The zero-order valence-electron chi connectivity index (χ0n) is 17.0. The lowest BCUT2D eigenvalue weighted by molar-refractivity contribution is 0.102. The Hall–Kier alpha value is -3.70. The standard InChI is InChI=1S/C22H18FN5O3S2/c23-17-5-11-20(12-6-17)33(30,31)28-19-9-7-18(8-10-19)26-21(29)16-3-1-15(2-4-16)13-32-22-24-14-25-27-22/h1-12,14,28H,13H2,(H,26,29)(H,24,25,27). The Morgan fingerprint density at radius 3 is 2.24 bits per heavy atom. The van der Waals surface area contributed by atoms with E-state index in [1.165, 1.54) is 42.4 Å². The van der Waals surface area contributed by atoms with Crippen LogP contribution >= 0.6 is 11.8 Å². The van der Waals surface area contributed by atoms with Gasteiger partial charge < -0.3 is 5.32 Å². The second kappa shape index (κ2) is 9.84. The topological polar surface area (TPSA) is 117 Å². The molecule has 0 aliphatic carbocycles. The largest absolute Gasteiger partial charge is 0.322 e. The fourth-order valence-corrected chi connectivity index (χ4v) is 4.61. The molecule has 3 N–H and O–H groups in total. The number of nitrogens with one attached hydrogen (secondary N) is 3. The van der Waals surface area contributed by atoms with E-state index in [9.17, 15) is 17.6 Å². The zero-order chi connectivity index (χ0) is 23.3. The van der Waals surface area contributed by atoms with E-state index in [2.05, 4.69) is 25.2 Å². The minimum absolute atomic E-state index is 0.0519. The number of amides is 1. The molecule has 8 nitrogen and oxygen atoms in total. The molecule has 4 aromatic rings. The summed E-state index contributed by atoms with van der Waals surface area (Å²) in [5.41, 5.74) is 2.34. The van der Waals surface area contributed by atoms with Crippen molar-refractivity contribution in [3.05, 3.63) is 96.1 Å². The number of hydrogen-bond acceptors (Lipinski definition) is 6. The molecule has 168 valence electrons. The molecule has 0 saturated heterocycles. The number of H-pyrrole nitrogens is 1. The van der Waals surface area contributed by atoms with Gasteiger partial charge in [0.05, 0.1) is 4.90 Å². The van der Waals surface area contributed by atoms with Crippen LogP contribution in [0.5, 0.6) is 0 Å². The average molecular weight is 484 g/mol. The van der Waals surface area contributed by atoms with E-state index in [0.717, 1.165) is 22.9 Å². The maximum Gasteiger partial charge on any atom is 0.261 e. The van der Waals surface area contributed by atoms with E-state index >= 15 is 0 Å². The van der Waals surface area contributed by atoms with Crippen molar-refractivity contribution in [2.75, 3.05) is 10.0 Å². The molecule has 1 amide bonds. The molecule has 4 rings (SSSR count). The second-order valence-corrected chi connectivity index (χ2v) is 9.51. The average Bonchev–Trinajstić information content (AvgIpc) is 3.33. The predicted molar refractivity (Wildman–Crippen MR) is 124 cm³/mol. The molecule has 0 aliphatic heterocycles. The quantitative estimate of drug-likeness (QED) is 0.322. The number of rotatable bonds is 8. The number of carbonyl (C=O) groups excluding carboxylic acids is 1. The molecule has 0 fully saturated rings. The van der Waals surface area contributed by atoms with Gasteiger partial charge in [-0.05, 0) is 66.2 Å². The maximum atomic E-state index is 13.0. The molecule has 0 atom stereocenters. The number of aromatic amines is 1. The summed E-state index contributed by atoms with van der Waals surface area (Å²) in [5.74, 6) is -0.120. The lowest BCUT2D eigenvalue weighted by Gasteiger charge is -2.10. The van der Waals surface area contributed by atoms with Crippen LogP contribution in [0.25, 0.3) is 0 Å². The summed E-state index contributed by atoms with van der Waals surface area (Å²) in [6, 6.07) is 18.0. The molecule has 33 heavy (non-hydrogen) atoms. The van der Waals surface area contributed by atoms with Crippen LogP contribution in [0.1, 0.15) is 15.9 Å². The Morgan fingerprint density at radius 1 is 0.939 bits per heavy atom. The van der Waals surface area contributed by atoms with Crippen LogP contribution in [0.4, 0.5) is 15.8 Å². The van der Waals surface area contributed by atoms with Gasteiger partial charge in [-0.2, -0.15) is 5.10 Å². The van der Waals surface area contributed by atoms with Crippen molar-refractivity contribution < 1.29 is 17.6 Å². The van der Waals surface area contributed by atoms with Gasteiger partial charge in [-0.25, -0.2) is 17.8 Å². The summed E-state index contributed by atoms with van der Waals surface area (Å²) >= 11 is 1.51. The first-order valence-electron chi connectivity index (χ1n) is 9.66. The van der Waals surface area contributed by atoms with Gasteiger partial charge in [0.1, 0.15) is 12.1 Å². The third-order valence-corrected chi connectivity index (χ3v) is 6.85. The van der Waals surface area contributed by atoms with Crippen LogP contribution < -0.4 is 10.0 Å². The highest BCUT2D eigenvalue weighted by molar-refractivity contribution is 7.98. The van der Waals surface area contributed by atoms with Crippen molar-refractivity contribution >= 4 is 39.1 Å². The van der Waals surface area contributed by atoms with E-state index in [1.807, 2.05) is 12.1 Å². The van der Waals surface area contributed by atoms with Gasteiger partial charge in [-0.3, -0.25) is 14.6 Å². The number of hydrogen-bond donors (Lipinski definition) is 3. The Kier molecular flexibility index (Phi) is 6.71. The maximum absolute atomic E-state index is 13.0. The summed E-state index contributed by atoms with van der Waals surface area (Å²) in [4.78, 5) is 16.5. The van der Waals surface area contributed by atoms with Gasteiger partial charge >= 0.3 is 0 Å². The van der Waals surface area contributed by atoms with E-state index < -0.39 is 15.8 Å². The van der Waals surface area contributed by atoms with Crippen LogP contribution in [0.15, 0.2) is 89.2 Å². The minimum atomic E-state index is -3.85. The Labute approximate surface area is 193 Å². The molecule has 0 bridgehead atoms. The number of benzene rings is 3. The molecule has 1 aromatic heterocycles. The van der Waals surface area contributed by atoms with Gasteiger partial charge in [0.15, 0.2) is 5.16 Å². The minimum Gasteiger partial charge on any atom is -0.322 e. The van der Waals surface area contributed by atoms with Crippen LogP contribution in [0, 0.1) is 5.82 Å². The van der Waals surface area contributed by atoms with Gasteiger partial charge in [-0.1, -0.05) is 23.9 Å².